The molecule has 1 aliphatic heterocycles. The van der Waals surface area contributed by atoms with E-state index in [2.05, 4.69) is 15.2 Å². The zero-order chi connectivity index (χ0) is 20.4. The molecule has 9 heteroatoms. The minimum absolute atomic E-state index is 0.0146. The summed E-state index contributed by atoms with van der Waals surface area (Å²) in [4.78, 5) is 22.1. The second-order valence-electron chi connectivity index (χ2n) is 7.26. The average Bonchev–Trinajstić information content (AvgIpc) is 3.38. The summed E-state index contributed by atoms with van der Waals surface area (Å²) in [6, 6.07) is 7.58. The maximum atomic E-state index is 13.1. The van der Waals surface area contributed by atoms with Crippen molar-refractivity contribution in [3.63, 3.8) is 0 Å². The maximum absolute atomic E-state index is 13.1. The first-order chi connectivity index (χ1) is 14.0. The van der Waals surface area contributed by atoms with Crippen LogP contribution in [0.5, 0.6) is 5.88 Å². The van der Waals surface area contributed by atoms with Crippen molar-refractivity contribution in [2.24, 2.45) is 0 Å². The first-order valence-electron chi connectivity index (χ1n) is 9.59. The molecule has 3 aromatic heterocycles. The molecule has 1 atom stereocenters. The lowest BCUT2D eigenvalue weighted by Gasteiger charge is -2.32. The Balaban J connectivity index is 1.43. The van der Waals surface area contributed by atoms with Crippen LogP contribution in [0.25, 0.3) is 5.13 Å². The summed E-state index contributed by atoms with van der Waals surface area (Å²) < 4.78 is 7.92. The SMILES string of the molecule is Cc1nc(-n2cccc2)sc1C(=O)N1CCCC(Oc2ccc(N(C)C)nn2)C1. The summed E-state index contributed by atoms with van der Waals surface area (Å²) in [5, 5.41) is 9.09. The molecule has 0 bridgehead atoms. The number of aryl methyl sites for hydroxylation is 1. The topological polar surface area (TPSA) is 76.4 Å². The Kier molecular flexibility index (Phi) is 5.48. The number of carbonyl (C=O) groups is 1. The molecule has 4 heterocycles. The average molecular weight is 413 g/mol. The van der Waals surface area contributed by atoms with Gasteiger partial charge in [-0.2, -0.15) is 0 Å². The predicted molar refractivity (Wildman–Crippen MR) is 112 cm³/mol. The number of piperidine rings is 1. The van der Waals surface area contributed by atoms with Gasteiger partial charge in [-0.05, 0) is 38.0 Å². The van der Waals surface area contributed by atoms with Crippen LogP contribution in [0.3, 0.4) is 0 Å². The van der Waals surface area contributed by atoms with E-state index in [9.17, 15) is 4.79 Å². The van der Waals surface area contributed by atoms with Gasteiger partial charge in [-0.25, -0.2) is 4.98 Å². The largest absolute Gasteiger partial charge is 0.471 e. The van der Waals surface area contributed by atoms with Crippen LogP contribution in [0.2, 0.25) is 0 Å². The van der Waals surface area contributed by atoms with Gasteiger partial charge in [0.2, 0.25) is 5.88 Å². The third-order valence-corrected chi connectivity index (χ3v) is 6.00. The number of thiazole rings is 1. The second-order valence-corrected chi connectivity index (χ2v) is 8.24. The van der Waals surface area contributed by atoms with Gasteiger partial charge in [0.15, 0.2) is 10.9 Å². The van der Waals surface area contributed by atoms with E-state index in [-0.39, 0.29) is 12.0 Å². The van der Waals surface area contributed by atoms with E-state index < -0.39 is 0 Å². The van der Waals surface area contributed by atoms with E-state index in [0.717, 1.165) is 36.0 Å². The molecular formula is C20H24N6O2S. The number of rotatable bonds is 5. The lowest BCUT2D eigenvalue weighted by Crippen LogP contribution is -2.44. The maximum Gasteiger partial charge on any atom is 0.266 e. The molecule has 4 rings (SSSR count). The normalized spacial score (nSPS) is 16.7. The fraction of sp³-hybridized carbons (Fsp3) is 0.400. The highest BCUT2D eigenvalue weighted by atomic mass is 32.1. The number of likely N-dealkylation sites (tertiary alicyclic amines) is 1. The van der Waals surface area contributed by atoms with E-state index in [0.29, 0.717) is 17.3 Å². The van der Waals surface area contributed by atoms with E-state index in [1.165, 1.54) is 11.3 Å². The predicted octanol–water partition coefficient (Wildman–Crippen LogP) is 2.78. The summed E-state index contributed by atoms with van der Waals surface area (Å²) in [5.41, 5.74) is 0.761. The highest BCUT2D eigenvalue weighted by Gasteiger charge is 2.28. The van der Waals surface area contributed by atoms with Crippen LogP contribution in [-0.4, -0.2) is 63.8 Å². The summed E-state index contributed by atoms with van der Waals surface area (Å²) in [5.74, 6) is 1.27. The number of hydrogen-bond acceptors (Lipinski definition) is 7. The van der Waals surface area contributed by atoms with E-state index in [1.807, 2.05) is 72.0 Å². The van der Waals surface area contributed by atoms with Gasteiger partial charge in [0.25, 0.3) is 5.91 Å². The standard InChI is InChI=1S/C20H24N6O2S/c1-14-18(29-20(21-14)25-10-4-5-11-25)19(27)26-12-6-7-15(13-26)28-17-9-8-16(22-23-17)24(2)3/h4-5,8-11,15H,6-7,12-13H2,1-3H3. The van der Waals surface area contributed by atoms with Gasteiger partial charge in [-0.15, -0.1) is 10.2 Å². The lowest BCUT2D eigenvalue weighted by atomic mass is 10.1. The molecule has 1 aliphatic rings. The first-order valence-corrected chi connectivity index (χ1v) is 10.4. The van der Waals surface area contributed by atoms with Crippen LogP contribution < -0.4 is 9.64 Å². The minimum Gasteiger partial charge on any atom is -0.471 e. The van der Waals surface area contributed by atoms with Crippen molar-refractivity contribution in [1.29, 1.82) is 0 Å². The van der Waals surface area contributed by atoms with E-state index in [4.69, 9.17) is 4.74 Å². The highest BCUT2D eigenvalue weighted by Crippen LogP contribution is 2.25. The summed E-state index contributed by atoms with van der Waals surface area (Å²) in [6.07, 6.45) is 5.54. The van der Waals surface area contributed by atoms with Crippen molar-refractivity contribution in [2.45, 2.75) is 25.9 Å². The van der Waals surface area contributed by atoms with Crippen molar-refractivity contribution in [2.75, 3.05) is 32.1 Å². The molecule has 0 N–H and O–H groups in total. The zero-order valence-corrected chi connectivity index (χ0v) is 17.6. The molecule has 1 unspecified atom stereocenters. The molecular weight excluding hydrogens is 388 g/mol. The van der Waals surface area contributed by atoms with Crippen LogP contribution in [0.4, 0.5) is 5.82 Å². The van der Waals surface area contributed by atoms with Gasteiger partial charge >= 0.3 is 0 Å². The van der Waals surface area contributed by atoms with Crippen molar-refractivity contribution in [1.82, 2.24) is 24.6 Å². The molecule has 8 nitrogen and oxygen atoms in total. The van der Waals surface area contributed by atoms with Crippen molar-refractivity contribution < 1.29 is 9.53 Å². The highest BCUT2D eigenvalue weighted by molar-refractivity contribution is 7.16. The summed E-state index contributed by atoms with van der Waals surface area (Å²) in [7, 11) is 3.83. The molecule has 152 valence electrons. The van der Waals surface area contributed by atoms with Crippen LogP contribution in [0.15, 0.2) is 36.7 Å². The van der Waals surface area contributed by atoms with Gasteiger partial charge in [0, 0.05) is 39.1 Å². The third-order valence-electron chi connectivity index (χ3n) is 4.84. The van der Waals surface area contributed by atoms with Gasteiger partial charge in [0.1, 0.15) is 11.0 Å². The molecule has 0 radical (unpaired) electrons. The lowest BCUT2D eigenvalue weighted by molar-refractivity contribution is 0.0529. The van der Waals surface area contributed by atoms with Crippen molar-refractivity contribution in [3.05, 3.63) is 47.2 Å². The monoisotopic (exact) mass is 412 g/mol. The molecule has 0 spiro atoms. The number of anilines is 1. The number of amides is 1. The molecule has 0 aromatic carbocycles. The first kappa shape index (κ1) is 19.4. The molecule has 1 saturated heterocycles. The Morgan fingerprint density at radius 3 is 2.72 bits per heavy atom. The minimum atomic E-state index is -0.0932. The van der Waals surface area contributed by atoms with Crippen LogP contribution in [-0.2, 0) is 0 Å². The Labute approximate surface area is 173 Å². The zero-order valence-electron chi connectivity index (χ0n) is 16.8. The fourth-order valence-corrected chi connectivity index (χ4v) is 4.30. The summed E-state index contributed by atoms with van der Waals surface area (Å²) in [6.45, 7) is 3.14. The van der Waals surface area contributed by atoms with Crippen LogP contribution in [0, 0.1) is 6.92 Å². The Bertz CT molecular complexity index is 968. The molecule has 1 amide bonds. The Morgan fingerprint density at radius 1 is 1.24 bits per heavy atom. The van der Waals surface area contributed by atoms with Crippen LogP contribution >= 0.6 is 11.3 Å². The number of aromatic nitrogens is 4. The molecule has 1 fully saturated rings. The molecule has 29 heavy (non-hydrogen) atoms. The number of hydrogen-bond donors (Lipinski definition) is 0. The van der Waals surface area contributed by atoms with Crippen LogP contribution in [0.1, 0.15) is 28.2 Å². The number of ether oxygens (including phenoxy) is 1. The number of nitrogens with zero attached hydrogens (tertiary/aromatic N) is 6. The van der Waals surface area contributed by atoms with Gasteiger partial charge in [0.05, 0.1) is 12.2 Å². The fourth-order valence-electron chi connectivity index (χ4n) is 3.30. The molecule has 0 saturated carbocycles. The van der Waals surface area contributed by atoms with Gasteiger partial charge < -0.3 is 19.1 Å². The quantitative estimate of drug-likeness (QED) is 0.641. The number of carbonyl (C=O) groups excluding carboxylic acids is 1. The van der Waals surface area contributed by atoms with E-state index in [1.54, 1.807) is 0 Å². The van der Waals surface area contributed by atoms with Gasteiger partial charge in [-0.3, -0.25) is 4.79 Å². The van der Waals surface area contributed by atoms with Crippen molar-refractivity contribution >= 4 is 23.1 Å². The Hall–Kier alpha value is -2.94. The molecule has 0 aliphatic carbocycles. The summed E-state index contributed by atoms with van der Waals surface area (Å²) >= 11 is 1.42. The van der Waals surface area contributed by atoms with E-state index >= 15 is 0 Å². The Morgan fingerprint density at radius 2 is 2.03 bits per heavy atom. The third kappa shape index (κ3) is 4.24. The molecule has 3 aromatic rings. The second kappa shape index (κ2) is 8.20. The van der Waals surface area contributed by atoms with Crippen molar-refractivity contribution in [3.8, 4) is 11.0 Å². The smallest absolute Gasteiger partial charge is 0.266 e. The van der Waals surface area contributed by atoms with Gasteiger partial charge in [-0.1, -0.05) is 11.3 Å².